The van der Waals surface area contributed by atoms with Gasteiger partial charge in [-0.3, -0.25) is 9.69 Å². The molecule has 1 fully saturated rings. The molecular weight excluding hydrogens is 450 g/mol. The van der Waals surface area contributed by atoms with E-state index in [2.05, 4.69) is 36.5 Å². The van der Waals surface area contributed by atoms with Gasteiger partial charge in [-0.15, -0.1) is 0 Å². The van der Waals surface area contributed by atoms with Crippen molar-refractivity contribution in [2.45, 2.75) is 78.4 Å². The summed E-state index contributed by atoms with van der Waals surface area (Å²) in [6.07, 6.45) is 6.32. The van der Waals surface area contributed by atoms with Crippen LogP contribution in [0.3, 0.4) is 0 Å². The number of nitrogens with zero attached hydrogens (tertiary/aromatic N) is 2. The Morgan fingerprint density at radius 3 is 2.17 bits per heavy atom. The second-order valence-corrected chi connectivity index (χ2v) is 11.1. The number of unbranched alkanes of at least 4 members (excludes halogenated alkanes) is 1. The largest absolute Gasteiger partial charge is 0.443 e. The molecule has 1 N–H and O–H groups in total. The number of hydrogen-bond donors (Lipinski definition) is 1. The summed E-state index contributed by atoms with van der Waals surface area (Å²) < 4.78 is 6.42. The Kier molecular flexibility index (Phi) is 9.94. The van der Waals surface area contributed by atoms with Crippen LogP contribution in [0.4, 0.5) is 16.2 Å². The molecule has 0 spiro atoms. The number of carbonyl (C=O) groups is 2. The van der Waals surface area contributed by atoms with Crippen molar-refractivity contribution in [3.05, 3.63) is 60.2 Å². The molecule has 1 aliphatic rings. The van der Waals surface area contributed by atoms with E-state index in [1.54, 1.807) is 4.90 Å². The average molecular weight is 495 g/mol. The van der Waals surface area contributed by atoms with Crippen LogP contribution in [0.2, 0.25) is 0 Å². The van der Waals surface area contributed by atoms with E-state index in [0.29, 0.717) is 13.1 Å². The first kappa shape index (κ1) is 27.7. The molecule has 6 heteroatoms. The summed E-state index contributed by atoms with van der Waals surface area (Å²) >= 11 is 0. The van der Waals surface area contributed by atoms with Gasteiger partial charge in [0.1, 0.15) is 12.1 Å². The Hall–Kier alpha value is -2.86. The van der Waals surface area contributed by atoms with E-state index < -0.39 is 5.60 Å². The predicted octanol–water partition coefficient (Wildman–Crippen LogP) is 6.76. The number of ether oxygens (including phenoxy) is 1. The van der Waals surface area contributed by atoms with E-state index in [9.17, 15) is 9.59 Å². The first-order valence-corrected chi connectivity index (χ1v) is 13.5. The lowest BCUT2D eigenvalue weighted by atomic mass is 10.1. The Labute approximate surface area is 217 Å². The van der Waals surface area contributed by atoms with Crippen molar-refractivity contribution in [3.8, 4) is 0 Å². The van der Waals surface area contributed by atoms with Crippen LogP contribution in [0, 0.1) is 0 Å². The average Bonchev–Trinajstić information content (AvgIpc) is 3.05. The quantitative estimate of drug-likeness (QED) is 0.392. The van der Waals surface area contributed by atoms with Gasteiger partial charge in [-0.1, -0.05) is 43.7 Å². The molecule has 0 saturated carbocycles. The molecule has 0 aliphatic carbocycles. The molecule has 1 aliphatic heterocycles. The maximum absolute atomic E-state index is 13.2. The van der Waals surface area contributed by atoms with E-state index in [-0.39, 0.29) is 12.0 Å². The Morgan fingerprint density at radius 2 is 1.58 bits per heavy atom. The van der Waals surface area contributed by atoms with Crippen molar-refractivity contribution < 1.29 is 18.8 Å². The van der Waals surface area contributed by atoms with Crippen molar-refractivity contribution in [2.24, 2.45) is 0 Å². The zero-order valence-electron chi connectivity index (χ0n) is 22.6. The van der Waals surface area contributed by atoms with Crippen molar-refractivity contribution in [1.29, 1.82) is 0 Å². The number of hydrogen-bond acceptors (Lipinski definition) is 3. The number of nitrogens with one attached hydrogen (secondary N) is 1. The number of anilines is 2. The highest BCUT2D eigenvalue weighted by Crippen LogP contribution is 2.24. The fourth-order valence-corrected chi connectivity index (χ4v) is 4.89. The predicted molar refractivity (Wildman–Crippen MR) is 147 cm³/mol. The van der Waals surface area contributed by atoms with Crippen molar-refractivity contribution in [3.63, 3.8) is 0 Å². The first-order chi connectivity index (χ1) is 17.2. The van der Waals surface area contributed by atoms with Crippen LogP contribution in [-0.4, -0.2) is 48.3 Å². The molecule has 0 unspecified atom stereocenters. The Morgan fingerprint density at radius 1 is 0.944 bits per heavy atom. The number of rotatable bonds is 9. The fourth-order valence-electron chi connectivity index (χ4n) is 4.89. The molecule has 2 aromatic rings. The van der Waals surface area contributed by atoms with E-state index in [4.69, 9.17) is 4.74 Å². The van der Waals surface area contributed by atoms with Crippen molar-refractivity contribution in [1.82, 2.24) is 0 Å². The molecule has 6 nitrogen and oxygen atoms in total. The Balaban J connectivity index is 1.69. The fraction of sp³-hybridized carbons (Fsp3) is 0.533. The first-order valence-electron chi connectivity index (χ1n) is 13.5. The minimum absolute atomic E-state index is 0.0376. The second kappa shape index (κ2) is 12.9. The lowest BCUT2D eigenvalue weighted by molar-refractivity contribution is -0.932. The summed E-state index contributed by atoms with van der Waals surface area (Å²) in [6, 6.07) is 18.0. The molecule has 3 rings (SSSR count). The molecular formula is C30H44N3O3+. The minimum atomic E-state index is -0.554. The van der Waals surface area contributed by atoms with Gasteiger partial charge < -0.3 is 14.5 Å². The van der Waals surface area contributed by atoms with Crippen LogP contribution in [0.25, 0.3) is 0 Å². The van der Waals surface area contributed by atoms with E-state index in [0.717, 1.165) is 61.2 Å². The molecule has 36 heavy (non-hydrogen) atoms. The summed E-state index contributed by atoms with van der Waals surface area (Å²) in [5, 5.41) is 3.11. The second-order valence-electron chi connectivity index (χ2n) is 11.1. The number of benzene rings is 2. The van der Waals surface area contributed by atoms with Gasteiger partial charge in [-0.05, 0) is 77.1 Å². The molecule has 0 aromatic heterocycles. The minimum Gasteiger partial charge on any atom is -0.443 e. The molecule has 0 radical (unpaired) electrons. The molecule has 2 aromatic carbocycles. The SMILES string of the molecule is CCCCN(C(=O)OC(C)(C)C)c1ccc(NC(=O)C[N+]2(Cc3ccccc3)CCCCCC2)cc1. The lowest BCUT2D eigenvalue weighted by Crippen LogP contribution is -2.52. The van der Waals surface area contributed by atoms with Crippen LogP contribution in [0.5, 0.6) is 0 Å². The smallest absolute Gasteiger partial charge is 0.414 e. The monoisotopic (exact) mass is 494 g/mol. The summed E-state index contributed by atoms with van der Waals surface area (Å²) in [5.41, 5.74) is 2.25. The summed E-state index contributed by atoms with van der Waals surface area (Å²) in [5.74, 6) is 0.0376. The van der Waals surface area contributed by atoms with Gasteiger partial charge in [0.05, 0.1) is 13.1 Å². The van der Waals surface area contributed by atoms with Crippen LogP contribution in [-0.2, 0) is 16.1 Å². The number of likely N-dealkylation sites (tertiary alicyclic amines) is 1. The van der Waals surface area contributed by atoms with Crippen molar-refractivity contribution >= 4 is 23.4 Å². The maximum Gasteiger partial charge on any atom is 0.414 e. The van der Waals surface area contributed by atoms with Crippen LogP contribution in [0.15, 0.2) is 54.6 Å². The number of carbonyl (C=O) groups excluding carboxylic acids is 2. The molecule has 0 bridgehead atoms. The third-order valence-electron chi connectivity index (χ3n) is 6.67. The van der Waals surface area contributed by atoms with Gasteiger partial charge >= 0.3 is 6.09 Å². The van der Waals surface area contributed by atoms with Crippen LogP contribution >= 0.6 is 0 Å². The summed E-state index contributed by atoms with van der Waals surface area (Å²) in [6.45, 7) is 11.7. The number of amides is 2. The molecule has 196 valence electrons. The van der Waals surface area contributed by atoms with Gasteiger partial charge in [0, 0.05) is 23.5 Å². The zero-order chi connectivity index (χ0) is 26.0. The van der Waals surface area contributed by atoms with Gasteiger partial charge in [0.25, 0.3) is 5.91 Å². The lowest BCUT2D eigenvalue weighted by Gasteiger charge is -2.37. The topological polar surface area (TPSA) is 58.6 Å². The van der Waals surface area contributed by atoms with Gasteiger partial charge in [-0.25, -0.2) is 4.79 Å². The highest BCUT2D eigenvalue weighted by atomic mass is 16.6. The van der Waals surface area contributed by atoms with Gasteiger partial charge in [0.2, 0.25) is 0 Å². The maximum atomic E-state index is 13.2. The highest BCUT2D eigenvalue weighted by Gasteiger charge is 2.32. The van der Waals surface area contributed by atoms with Gasteiger partial charge in [0.15, 0.2) is 6.54 Å². The van der Waals surface area contributed by atoms with Crippen molar-refractivity contribution in [2.75, 3.05) is 36.4 Å². The van der Waals surface area contributed by atoms with E-state index in [1.807, 2.05) is 51.1 Å². The zero-order valence-corrected chi connectivity index (χ0v) is 22.6. The normalized spacial score (nSPS) is 15.6. The molecule has 2 amide bonds. The Bertz CT molecular complexity index is 959. The van der Waals surface area contributed by atoms with Crippen LogP contribution in [0.1, 0.15) is 71.8 Å². The van der Waals surface area contributed by atoms with Crippen LogP contribution < -0.4 is 10.2 Å². The standard InChI is InChI=1S/C30H43N3O3/c1-5-6-20-32(29(35)36-30(2,3)4)27-18-16-26(17-19-27)31-28(34)24-33(21-12-7-8-13-22-33)23-25-14-10-9-11-15-25/h9-11,14-19H,5-8,12-13,20-24H2,1-4H3/p+1. The molecule has 1 heterocycles. The highest BCUT2D eigenvalue weighted by molar-refractivity contribution is 5.92. The molecule has 0 atom stereocenters. The third kappa shape index (κ3) is 8.66. The number of quaternary nitrogens is 1. The third-order valence-corrected chi connectivity index (χ3v) is 6.67. The summed E-state index contributed by atoms with van der Waals surface area (Å²) in [7, 11) is 0. The molecule has 1 saturated heterocycles. The van der Waals surface area contributed by atoms with E-state index >= 15 is 0 Å². The van der Waals surface area contributed by atoms with E-state index in [1.165, 1.54) is 18.4 Å². The summed E-state index contributed by atoms with van der Waals surface area (Å²) in [4.78, 5) is 27.7. The van der Waals surface area contributed by atoms with Gasteiger partial charge in [-0.2, -0.15) is 0 Å².